The van der Waals surface area contributed by atoms with Crippen LogP contribution in [0.4, 0.5) is 0 Å². The van der Waals surface area contributed by atoms with Crippen LogP contribution in [0.3, 0.4) is 0 Å². The molecule has 1 aromatic carbocycles. The molecule has 2 rings (SSSR count). The summed E-state index contributed by atoms with van der Waals surface area (Å²) in [6.45, 7) is 11.9. The Morgan fingerprint density at radius 2 is 1.81 bits per heavy atom. The molecule has 1 heterocycles. The first-order valence-corrected chi connectivity index (χ1v) is 13.2. The summed E-state index contributed by atoms with van der Waals surface area (Å²) in [4.78, 5) is 23.3. The minimum atomic E-state index is -2.09. The molecule has 2 N–H and O–H groups in total. The molecule has 0 aliphatic carbocycles. The average molecular weight is 455 g/mol. The lowest BCUT2D eigenvalue weighted by Gasteiger charge is -2.42. The number of carbonyl (C=O) groups is 2. The van der Waals surface area contributed by atoms with Gasteiger partial charge in [-0.05, 0) is 35.8 Å². The molecule has 1 aliphatic rings. The van der Waals surface area contributed by atoms with Gasteiger partial charge in [0.05, 0.1) is 13.5 Å². The Labute approximate surface area is 184 Å². The second-order valence-corrected chi connectivity index (χ2v) is 14.1. The van der Waals surface area contributed by atoms with Crippen molar-refractivity contribution in [3.63, 3.8) is 0 Å². The molecule has 31 heavy (non-hydrogen) atoms. The van der Waals surface area contributed by atoms with Gasteiger partial charge in [-0.2, -0.15) is 0 Å². The van der Waals surface area contributed by atoms with Gasteiger partial charge in [-0.15, -0.1) is 0 Å². The molecule has 1 fully saturated rings. The Morgan fingerprint density at radius 1 is 1.16 bits per heavy atom. The van der Waals surface area contributed by atoms with Gasteiger partial charge in [-0.1, -0.05) is 32.9 Å². The van der Waals surface area contributed by atoms with E-state index < -0.39 is 50.8 Å². The van der Waals surface area contributed by atoms with Crippen molar-refractivity contribution in [1.82, 2.24) is 0 Å². The Morgan fingerprint density at radius 3 is 2.35 bits per heavy atom. The molecule has 9 heteroatoms. The summed E-state index contributed by atoms with van der Waals surface area (Å²) < 4.78 is 22.1. The van der Waals surface area contributed by atoms with Crippen LogP contribution in [0.25, 0.3) is 0 Å². The molecule has 1 saturated heterocycles. The van der Waals surface area contributed by atoms with Crippen molar-refractivity contribution in [3.05, 3.63) is 29.8 Å². The molecule has 0 spiro atoms. The molecule has 0 unspecified atom stereocenters. The number of ether oxygens (including phenoxy) is 3. The maximum absolute atomic E-state index is 11.8. The van der Waals surface area contributed by atoms with Crippen LogP contribution in [0.5, 0.6) is 5.75 Å². The monoisotopic (exact) mass is 454 g/mol. The van der Waals surface area contributed by atoms with E-state index in [1.807, 2.05) is 6.07 Å². The molecule has 0 bridgehead atoms. The van der Waals surface area contributed by atoms with Crippen molar-refractivity contribution < 1.29 is 38.4 Å². The Kier molecular flexibility index (Phi) is 7.91. The van der Waals surface area contributed by atoms with E-state index in [9.17, 15) is 19.8 Å². The molecule has 0 saturated carbocycles. The van der Waals surface area contributed by atoms with Gasteiger partial charge in [-0.3, -0.25) is 9.59 Å². The zero-order chi connectivity index (χ0) is 23.6. The number of benzene rings is 1. The van der Waals surface area contributed by atoms with E-state index in [2.05, 4.69) is 33.9 Å². The lowest BCUT2D eigenvalue weighted by molar-refractivity contribution is -0.236. The van der Waals surface area contributed by atoms with Crippen molar-refractivity contribution in [3.8, 4) is 5.75 Å². The Balaban J connectivity index is 2.33. The fourth-order valence-electron chi connectivity index (χ4n) is 3.17. The summed E-state index contributed by atoms with van der Waals surface area (Å²) in [6, 6.07) is 7.14. The summed E-state index contributed by atoms with van der Waals surface area (Å²) in [6.07, 6.45) is -6.18. The third-order valence-corrected chi connectivity index (χ3v) is 10.3. The number of hydrogen-bond donors (Lipinski definition) is 2. The zero-order valence-corrected chi connectivity index (χ0v) is 20.2. The average Bonchev–Trinajstić information content (AvgIpc) is 2.66. The first-order valence-electron chi connectivity index (χ1n) is 10.3. The topological polar surface area (TPSA) is 112 Å². The number of aliphatic hydroxyl groups is 2. The van der Waals surface area contributed by atoms with Gasteiger partial charge < -0.3 is 28.8 Å². The highest BCUT2D eigenvalue weighted by atomic mass is 28.4. The third kappa shape index (κ3) is 6.06. The lowest BCUT2D eigenvalue weighted by atomic mass is 9.89. The number of esters is 2. The largest absolute Gasteiger partial charge is 0.543 e. The van der Waals surface area contributed by atoms with Crippen molar-refractivity contribution >= 4 is 20.3 Å². The number of methoxy groups -OCH3 is 1. The second-order valence-electron chi connectivity index (χ2n) is 9.37. The fraction of sp³-hybridized carbons (Fsp3) is 0.636. The zero-order valence-electron chi connectivity index (χ0n) is 19.2. The van der Waals surface area contributed by atoms with Crippen LogP contribution in [0, 0.1) is 0 Å². The molecular weight excluding hydrogens is 420 g/mol. The van der Waals surface area contributed by atoms with E-state index in [4.69, 9.17) is 18.6 Å². The smallest absolute Gasteiger partial charge is 0.308 e. The molecule has 174 valence electrons. The maximum Gasteiger partial charge on any atom is 0.308 e. The van der Waals surface area contributed by atoms with Crippen LogP contribution in [-0.4, -0.2) is 62.0 Å². The molecule has 1 aromatic rings. The second kappa shape index (κ2) is 9.68. The van der Waals surface area contributed by atoms with Crippen LogP contribution in [0.15, 0.2) is 24.3 Å². The summed E-state index contributed by atoms with van der Waals surface area (Å²) in [5.74, 6) is -0.599. The first-order chi connectivity index (χ1) is 14.3. The molecule has 0 aromatic heterocycles. The minimum Gasteiger partial charge on any atom is -0.543 e. The van der Waals surface area contributed by atoms with Gasteiger partial charge >= 0.3 is 11.9 Å². The standard InChI is InChI=1S/C22H34O8Si/c1-13(23)28-21-16(12-17(24)27-5)29-20(18(25)19(21)26)14-9-8-10-15(11-14)30-31(6,7)22(2,3)4/h8-11,16,18-21,25-26H,12H2,1-7H3/t16-,18+,19-,20-,21+/m1/s1. The molecule has 1 aliphatic heterocycles. The van der Waals surface area contributed by atoms with Gasteiger partial charge in [0.25, 0.3) is 0 Å². The highest BCUT2D eigenvalue weighted by Crippen LogP contribution is 2.39. The van der Waals surface area contributed by atoms with Gasteiger partial charge in [0.1, 0.15) is 30.2 Å². The normalized spacial score (nSPS) is 26.8. The van der Waals surface area contributed by atoms with Crippen LogP contribution in [0.2, 0.25) is 18.1 Å². The molecular formula is C22H34O8Si. The first kappa shape index (κ1) is 25.3. The van der Waals surface area contributed by atoms with Crippen LogP contribution < -0.4 is 4.43 Å². The molecule has 0 radical (unpaired) electrons. The predicted molar refractivity (Wildman–Crippen MR) is 116 cm³/mol. The lowest BCUT2D eigenvalue weighted by Crippen LogP contribution is -2.56. The maximum atomic E-state index is 11.8. The minimum absolute atomic E-state index is 0.00289. The van der Waals surface area contributed by atoms with Crippen molar-refractivity contribution in [1.29, 1.82) is 0 Å². The SMILES string of the molecule is COC(=O)C[C@H]1O[C@H](c2cccc(O[Si](C)(C)C(C)(C)C)c2)[C@@H](O)[C@@H](O)[C@H]1OC(C)=O. The van der Waals surface area contributed by atoms with Crippen LogP contribution >= 0.6 is 0 Å². The van der Waals surface area contributed by atoms with Gasteiger partial charge in [-0.25, -0.2) is 0 Å². The highest BCUT2D eigenvalue weighted by molar-refractivity contribution is 6.74. The third-order valence-electron chi connectivity index (χ3n) is 5.95. The van der Waals surface area contributed by atoms with E-state index in [1.54, 1.807) is 18.2 Å². The van der Waals surface area contributed by atoms with Crippen LogP contribution in [0.1, 0.15) is 45.8 Å². The van der Waals surface area contributed by atoms with Gasteiger partial charge in [0.2, 0.25) is 8.32 Å². The van der Waals surface area contributed by atoms with Crippen molar-refractivity contribution in [2.45, 2.75) is 82.8 Å². The summed E-state index contributed by atoms with van der Waals surface area (Å²) in [7, 11) is -0.857. The molecule has 5 atom stereocenters. The summed E-state index contributed by atoms with van der Waals surface area (Å²) in [5, 5.41) is 21.4. The predicted octanol–water partition coefficient (Wildman–Crippen LogP) is 2.73. The van der Waals surface area contributed by atoms with E-state index in [1.165, 1.54) is 14.0 Å². The highest BCUT2D eigenvalue weighted by Gasteiger charge is 2.48. The number of aliphatic hydroxyl groups excluding tert-OH is 2. The van der Waals surface area contributed by atoms with E-state index in [0.29, 0.717) is 11.3 Å². The number of carbonyl (C=O) groups excluding carboxylic acids is 2. The number of rotatable bonds is 6. The summed E-state index contributed by atoms with van der Waals surface area (Å²) in [5.41, 5.74) is 0.582. The van der Waals surface area contributed by atoms with Gasteiger partial charge in [0.15, 0.2) is 6.10 Å². The van der Waals surface area contributed by atoms with Crippen molar-refractivity contribution in [2.75, 3.05) is 7.11 Å². The quantitative estimate of drug-likeness (QED) is 0.499. The van der Waals surface area contributed by atoms with Gasteiger partial charge in [0, 0.05) is 6.92 Å². The van der Waals surface area contributed by atoms with E-state index in [-0.39, 0.29) is 11.5 Å². The summed E-state index contributed by atoms with van der Waals surface area (Å²) >= 11 is 0. The Hall–Kier alpha value is -1.94. The molecule has 0 amide bonds. The fourth-order valence-corrected chi connectivity index (χ4v) is 4.19. The number of hydrogen-bond acceptors (Lipinski definition) is 8. The van der Waals surface area contributed by atoms with Crippen LogP contribution in [-0.2, 0) is 23.8 Å². The molecule has 8 nitrogen and oxygen atoms in total. The Bertz CT molecular complexity index is 788. The van der Waals surface area contributed by atoms with E-state index >= 15 is 0 Å². The van der Waals surface area contributed by atoms with E-state index in [0.717, 1.165) is 0 Å². The van der Waals surface area contributed by atoms with Crippen molar-refractivity contribution in [2.24, 2.45) is 0 Å².